The molecule has 0 heterocycles. The molecule has 2 aromatic rings. The first-order valence-electron chi connectivity index (χ1n) is 8.96. The fourth-order valence-electron chi connectivity index (χ4n) is 2.48. The number of ether oxygens (including phenoxy) is 1. The molecule has 2 rings (SSSR count). The minimum absolute atomic E-state index is 0.617. The molecule has 2 N–H and O–H groups in total. The molecule has 0 radical (unpaired) electrons. The third-order valence-electron chi connectivity index (χ3n) is 3.88. The van der Waals surface area contributed by atoms with Crippen LogP contribution in [0.4, 0.5) is 0 Å². The maximum absolute atomic E-state index is 5.82. The van der Waals surface area contributed by atoms with Crippen LogP contribution in [0.5, 0.6) is 0 Å². The average Bonchev–Trinajstić information content (AvgIpc) is 2.66. The Morgan fingerprint density at radius 3 is 2.40 bits per heavy atom. The topological polar surface area (TPSA) is 45.7 Å². The maximum atomic E-state index is 5.82. The number of guanidine groups is 1. The van der Waals surface area contributed by atoms with Crippen molar-refractivity contribution >= 4 is 5.96 Å². The Balaban J connectivity index is 1.78. The van der Waals surface area contributed by atoms with E-state index < -0.39 is 0 Å². The van der Waals surface area contributed by atoms with Crippen LogP contribution in [0.25, 0.3) is 0 Å². The Labute approximate surface area is 151 Å². The summed E-state index contributed by atoms with van der Waals surface area (Å²) < 4.78 is 5.82. The predicted octanol–water partition coefficient (Wildman–Crippen LogP) is 3.87. The molecule has 2 aromatic carbocycles. The number of hydrogen-bond donors (Lipinski definition) is 2. The van der Waals surface area contributed by atoms with Crippen molar-refractivity contribution in [3.63, 3.8) is 0 Å². The summed E-state index contributed by atoms with van der Waals surface area (Å²) in [7, 11) is 1.80. The number of aliphatic imine (C=N–C) groups is 1. The highest BCUT2D eigenvalue weighted by Gasteiger charge is 2.00. The first-order valence-corrected chi connectivity index (χ1v) is 8.96. The number of benzene rings is 2. The number of unbranched alkanes of at least 4 members (excludes halogenated alkanes) is 1. The van der Waals surface area contributed by atoms with Crippen molar-refractivity contribution in [1.82, 2.24) is 10.6 Å². The predicted molar refractivity (Wildman–Crippen MR) is 104 cm³/mol. The Bertz CT molecular complexity index is 641. The van der Waals surface area contributed by atoms with E-state index in [1.165, 1.54) is 23.1 Å². The zero-order chi connectivity index (χ0) is 17.7. The average molecular weight is 339 g/mol. The maximum Gasteiger partial charge on any atom is 0.191 e. The molecule has 0 fully saturated rings. The lowest BCUT2D eigenvalue weighted by molar-refractivity contribution is 0.107. The molecule has 0 spiro atoms. The highest BCUT2D eigenvalue weighted by atomic mass is 16.5. The van der Waals surface area contributed by atoms with Gasteiger partial charge < -0.3 is 15.4 Å². The summed E-state index contributed by atoms with van der Waals surface area (Å²) in [6.45, 7) is 5.13. The minimum atomic E-state index is 0.617. The van der Waals surface area contributed by atoms with Crippen LogP contribution in [0.2, 0.25) is 0 Å². The standard InChI is InChI=1S/C21H29N3O/c1-3-4-13-23-21(22-2)24-15-19-11-8-12-20(14-19)17-25-16-18-9-6-5-7-10-18/h5-12,14H,3-4,13,15-17H2,1-2H3,(H2,22,23,24). The molecular formula is C21H29N3O. The molecule has 4 nitrogen and oxygen atoms in total. The van der Waals surface area contributed by atoms with Crippen LogP contribution >= 0.6 is 0 Å². The van der Waals surface area contributed by atoms with Crippen molar-refractivity contribution in [2.24, 2.45) is 4.99 Å². The SMILES string of the molecule is CCCCNC(=NC)NCc1cccc(COCc2ccccc2)c1. The largest absolute Gasteiger partial charge is 0.372 e. The molecule has 0 aliphatic heterocycles. The van der Waals surface area contributed by atoms with Crippen molar-refractivity contribution in [2.75, 3.05) is 13.6 Å². The summed E-state index contributed by atoms with van der Waals surface area (Å²) in [5.41, 5.74) is 3.60. The van der Waals surface area contributed by atoms with Crippen LogP contribution in [-0.4, -0.2) is 19.6 Å². The van der Waals surface area contributed by atoms with E-state index in [2.05, 4.69) is 58.9 Å². The molecule has 134 valence electrons. The molecule has 25 heavy (non-hydrogen) atoms. The first-order chi connectivity index (χ1) is 12.3. The first kappa shape index (κ1) is 19.0. The van der Waals surface area contributed by atoms with E-state index in [9.17, 15) is 0 Å². The summed E-state index contributed by atoms with van der Waals surface area (Å²) in [5.74, 6) is 0.846. The highest BCUT2D eigenvalue weighted by molar-refractivity contribution is 5.79. The molecule has 0 aliphatic rings. The van der Waals surface area contributed by atoms with Crippen molar-refractivity contribution in [3.05, 3.63) is 71.3 Å². The normalized spacial score (nSPS) is 11.4. The van der Waals surface area contributed by atoms with Gasteiger partial charge in [0.25, 0.3) is 0 Å². The second-order valence-corrected chi connectivity index (χ2v) is 6.00. The summed E-state index contributed by atoms with van der Waals surface area (Å²) in [6, 6.07) is 18.7. The van der Waals surface area contributed by atoms with Gasteiger partial charge in [-0.25, -0.2) is 0 Å². The van der Waals surface area contributed by atoms with E-state index in [0.29, 0.717) is 13.2 Å². The quantitative estimate of drug-likeness (QED) is 0.414. The molecule has 0 atom stereocenters. The lowest BCUT2D eigenvalue weighted by atomic mass is 10.1. The van der Waals surface area contributed by atoms with Crippen molar-refractivity contribution in [2.45, 2.75) is 39.5 Å². The Morgan fingerprint density at radius 1 is 0.920 bits per heavy atom. The van der Waals surface area contributed by atoms with Gasteiger partial charge in [-0.1, -0.05) is 67.9 Å². The number of hydrogen-bond acceptors (Lipinski definition) is 2. The van der Waals surface area contributed by atoms with E-state index >= 15 is 0 Å². The van der Waals surface area contributed by atoms with Gasteiger partial charge in [0.2, 0.25) is 0 Å². The number of nitrogens with zero attached hydrogens (tertiary/aromatic N) is 1. The van der Waals surface area contributed by atoms with Gasteiger partial charge in [0.1, 0.15) is 0 Å². The molecule has 0 aromatic heterocycles. The van der Waals surface area contributed by atoms with Crippen LogP contribution in [0.1, 0.15) is 36.5 Å². The summed E-state index contributed by atoms with van der Waals surface area (Å²) in [6.07, 6.45) is 2.32. The monoisotopic (exact) mass is 339 g/mol. The molecule has 0 unspecified atom stereocenters. The van der Waals surface area contributed by atoms with Crippen LogP contribution in [0.3, 0.4) is 0 Å². The zero-order valence-electron chi connectivity index (χ0n) is 15.3. The fourth-order valence-corrected chi connectivity index (χ4v) is 2.48. The van der Waals surface area contributed by atoms with Gasteiger partial charge >= 0.3 is 0 Å². The van der Waals surface area contributed by atoms with Gasteiger partial charge in [0.15, 0.2) is 5.96 Å². The Hall–Kier alpha value is -2.33. The minimum Gasteiger partial charge on any atom is -0.372 e. The fraction of sp³-hybridized carbons (Fsp3) is 0.381. The molecule has 0 saturated heterocycles. The number of nitrogens with one attached hydrogen (secondary N) is 2. The van der Waals surface area contributed by atoms with E-state index in [1.807, 2.05) is 18.2 Å². The molecule has 4 heteroatoms. The Morgan fingerprint density at radius 2 is 1.64 bits per heavy atom. The summed E-state index contributed by atoms with van der Waals surface area (Å²) >= 11 is 0. The molecule has 0 bridgehead atoms. The molecule has 0 saturated carbocycles. The van der Waals surface area contributed by atoms with Gasteiger partial charge in [-0.15, -0.1) is 0 Å². The molecular weight excluding hydrogens is 310 g/mol. The summed E-state index contributed by atoms with van der Waals surface area (Å²) in [5, 5.41) is 6.67. The number of rotatable bonds is 9. The van der Waals surface area contributed by atoms with Gasteiger partial charge in [-0.2, -0.15) is 0 Å². The van der Waals surface area contributed by atoms with Crippen LogP contribution in [-0.2, 0) is 24.5 Å². The van der Waals surface area contributed by atoms with E-state index in [1.54, 1.807) is 7.05 Å². The van der Waals surface area contributed by atoms with Gasteiger partial charge in [-0.3, -0.25) is 4.99 Å². The lowest BCUT2D eigenvalue weighted by Gasteiger charge is -2.12. The van der Waals surface area contributed by atoms with E-state index in [-0.39, 0.29) is 0 Å². The highest BCUT2D eigenvalue weighted by Crippen LogP contribution is 2.09. The second-order valence-electron chi connectivity index (χ2n) is 6.00. The smallest absolute Gasteiger partial charge is 0.191 e. The van der Waals surface area contributed by atoms with E-state index in [0.717, 1.165) is 25.5 Å². The van der Waals surface area contributed by atoms with E-state index in [4.69, 9.17) is 4.74 Å². The zero-order valence-corrected chi connectivity index (χ0v) is 15.3. The van der Waals surface area contributed by atoms with Crippen molar-refractivity contribution in [3.8, 4) is 0 Å². The molecule has 0 amide bonds. The second kappa shape index (κ2) is 11.3. The molecule has 0 aliphatic carbocycles. The van der Waals surface area contributed by atoms with Crippen molar-refractivity contribution in [1.29, 1.82) is 0 Å². The van der Waals surface area contributed by atoms with Gasteiger partial charge in [0.05, 0.1) is 13.2 Å². The Kier molecular flexibility index (Phi) is 8.56. The van der Waals surface area contributed by atoms with Crippen molar-refractivity contribution < 1.29 is 4.74 Å². The van der Waals surface area contributed by atoms with Gasteiger partial charge in [0, 0.05) is 20.1 Å². The van der Waals surface area contributed by atoms with Crippen LogP contribution < -0.4 is 10.6 Å². The van der Waals surface area contributed by atoms with Gasteiger partial charge in [-0.05, 0) is 23.1 Å². The van der Waals surface area contributed by atoms with Crippen LogP contribution in [0, 0.1) is 0 Å². The third kappa shape index (κ3) is 7.40. The van der Waals surface area contributed by atoms with Crippen LogP contribution in [0.15, 0.2) is 59.6 Å². The third-order valence-corrected chi connectivity index (χ3v) is 3.88. The lowest BCUT2D eigenvalue weighted by Crippen LogP contribution is -2.37. The summed E-state index contributed by atoms with van der Waals surface area (Å²) in [4.78, 5) is 4.25.